The number of morpholine rings is 1. The molecule has 0 radical (unpaired) electrons. The minimum absolute atomic E-state index is 0.0467. The van der Waals surface area contributed by atoms with E-state index in [1.165, 1.54) is 0 Å². The largest absolute Gasteiger partial charge is 0.379 e. The molecule has 0 atom stereocenters. The number of ether oxygens (including phenoxy) is 1. The fourth-order valence-corrected chi connectivity index (χ4v) is 3.17. The van der Waals surface area contributed by atoms with Gasteiger partial charge in [-0.1, -0.05) is 30.3 Å². The molecule has 0 saturated carbocycles. The molecule has 1 aliphatic rings. The third kappa shape index (κ3) is 5.90. The summed E-state index contributed by atoms with van der Waals surface area (Å²) in [5.41, 5.74) is 3.40. The first-order chi connectivity index (χ1) is 13.6. The van der Waals surface area contributed by atoms with Gasteiger partial charge < -0.3 is 15.4 Å². The van der Waals surface area contributed by atoms with Crippen LogP contribution in [0.15, 0.2) is 48.5 Å². The third-order valence-electron chi connectivity index (χ3n) is 4.79. The van der Waals surface area contributed by atoms with Crippen LogP contribution in [-0.2, 0) is 4.74 Å². The minimum Gasteiger partial charge on any atom is -0.379 e. The van der Waals surface area contributed by atoms with Gasteiger partial charge in [-0.25, -0.2) is 4.79 Å². The van der Waals surface area contributed by atoms with Gasteiger partial charge in [0.25, 0.3) is 0 Å². The van der Waals surface area contributed by atoms with E-state index in [1.807, 2.05) is 48.5 Å². The maximum Gasteiger partial charge on any atom is 0.319 e. The molecule has 1 aliphatic heterocycles. The molecule has 6 nitrogen and oxygen atoms in total. The lowest BCUT2D eigenvalue weighted by molar-refractivity contribution is 0.0375. The Bertz CT molecular complexity index is 799. The first kappa shape index (κ1) is 20.0. The topological polar surface area (TPSA) is 70.7 Å². The molecule has 0 aromatic heterocycles. The first-order valence-corrected chi connectivity index (χ1v) is 9.68. The summed E-state index contributed by atoms with van der Waals surface area (Å²) >= 11 is 0. The molecular weight excluding hydrogens is 354 g/mol. The molecule has 3 rings (SSSR count). The average molecular weight is 381 g/mol. The van der Waals surface area contributed by atoms with Crippen LogP contribution in [0.25, 0.3) is 11.1 Å². The van der Waals surface area contributed by atoms with Crippen molar-refractivity contribution >= 4 is 17.5 Å². The maximum atomic E-state index is 12.0. The number of benzene rings is 2. The summed E-state index contributed by atoms with van der Waals surface area (Å²) in [4.78, 5) is 25.9. The molecule has 6 heteroatoms. The molecular formula is C22H27N3O3. The van der Waals surface area contributed by atoms with Gasteiger partial charge in [0, 0.05) is 30.9 Å². The zero-order chi connectivity index (χ0) is 19.8. The van der Waals surface area contributed by atoms with E-state index in [2.05, 4.69) is 15.5 Å². The van der Waals surface area contributed by atoms with Crippen molar-refractivity contribution in [3.8, 4) is 11.1 Å². The normalized spacial score (nSPS) is 14.5. The van der Waals surface area contributed by atoms with Crippen LogP contribution in [0.3, 0.4) is 0 Å². The predicted molar refractivity (Wildman–Crippen MR) is 111 cm³/mol. The van der Waals surface area contributed by atoms with Gasteiger partial charge in [-0.3, -0.25) is 9.69 Å². The van der Waals surface area contributed by atoms with Gasteiger partial charge in [-0.2, -0.15) is 0 Å². The Morgan fingerprint density at radius 1 is 1.04 bits per heavy atom. The predicted octanol–water partition coefficient (Wildman–Crippen LogP) is 3.40. The van der Waals surface area contributed by atoms with Crippen LogP contribution < -0.4 is 10.6 Å². The summed E-state index contributed by atoms with van der Waals surface area (Å²) in [5, 5.41) is 5.74. The van der Waals surface area contributed by atoms with E-state index in [4.69, 9.17) is 4.74 Å². The highest BCUT2D eigenvalue weighted by Gasteiger charge is 2.09. The number of nitrogens with zero attached hydrogens (tertiary/aromatic N) is 1. The van der Waals surface area contributed by atoms with Crippen molar-refractivity contribution in [3.05, 3.63) is 54.1 Å². The van der Waals surface area contributed by atoms with Crippen LogP contribution in [0.2, 0.25) is 0 Å². The zero-order valence-corrected chi connectivity index (χ0v) is 16.2. The summed E-state index contributed by atoms with van der Waals surface area (Å²) in [7, 11) is 0. The van der Waals surface area contributed by atoms with E-state index in [0.29, 0.717) is 12.1 Å². The second-order valence-electron chi connectivity index (χ2n) is 6.90. The highest BCUT2D eigenvalue weighted by atomic mass is 16.5. The second kappa shape index (κ2) is 10.0. The SMILES string of the molecule is CC(=O)c1cccc(-c2ccc(NC(=O)NCCCN3CCOCC3)cc2)c1. The number of urea groups is 1. The number of nitrogens with one attached hydrogen (secondary N) is 2. The lowest BCUT2D eigenvalue weighted by Gasteiger charge is -2.26. The number of hydrogen-bond donors (Lipinski definition) is 2. The molecule has 1 fully saturated rings. The van der Waals surface area contributed by atoms with Crippen LogP contribution in [0.1, 0.15) is 23.7 Å². The molecule has 2 amide bonds. The van der Waals surface area contributed by atoms with Crippen molar-refractivity contribution in [2.45, 2.75) is 13.3 Å². The van der Waals surface area contributed by atoms with E-state index >= 15 is 0 Å². The number of ketones is 1. The molecule has 28 heavy (non-hydrogen) atoms. The third-order valence-corrected chi connectivity index (χ3v) is 4.79. The maximum absolute atomic E-state index is 12.0. The fourth-order valence-electron chi connectivity index (χ4n) is 3.17. The molecule has 2 aromatic rings. The van der Waals surface area contributed by atoms with Gasteiger partial charge in [-0.05, 0) is 49.2 Å². The molecule has 1 saturated heterocycles. The molecule has 0 bridgehead atoms. The Hall–Kier alpha value is -2.70. The zero-order valence-electron chi connectivity index (χ0n) is 16.2. The number of carbonyl (C=O) groups excluding carboxylic acids is 2. The summed E-state index contributed by atoms with van der Waals surface area (Å²) in [6.07, 6.45) is 0.916. The van der Waals surface area contributed by atoms with Crippen molar-refractivity contribution in [1.82, 2.24) is 10.2 Å². The number of rotatable bonds is 7. The van der Waals surface area contributed by atoms with Gasteiger partial charge in [0.15, 0.2) is 5.78 Å². The highest BCUT2D eigenvalue weighted by Crippen LogP contribution is 2.22. The van der Waals surface area contributed by atoms with E-state index in [0.717, 1.165) is 56.1 Å². The Balaban J connectivity index is 1.45. The standard InChI is InChI=1S/C22H27N3O3/c1-17(26)19-4-2-5-20(16-19)18-6-8-21(9-7-18)24-22(27)23-10-3-11-25-12-14-28-15-13-25/h2,4-9,16H,3,10-15H2,1H3,(H2,23,24,27). The fraction of sp³-hybridized carbons (Fsp3) is 0.364. The second-order valence-corrected chi connectivity index (χ2v) is 6.90. The number of carbonyl (C=O) groups is 2. The van der Waals surface area contributed by atoms with Crippen molar-refractivity contribution in [2.75, 3.05) is 44.7 Å². The first-order valence-electron chi connectivity index (χ1n) is 9.68. The summed E-state index contributed by atoms with van der Waals surface area (Å²) < 4.78 is 5.33. The van der Waals surface area contributed by atoms with Crippen molar-refractivity contribution < 1.29 is 14.3 Å². The van der Waals surface area contributed by atoms with Crippen molar-refractivity contribution in [3.63, 3.8) is 0 Å². The monoisotopic (exact) mass is 381 g/mol. The molecule has 2 N–H and O–H groups in total. The van der Waals surface area contributed by atoms with Gasteiger partial charge in [0.2, 0.25) is 0 Å². The summed E-state index contributed by atoms with van der Waals surface area (Å²) in [6, 6.07) is 14.9. The minimum atomic E-state index is -0.201. The molecule has 0 spiro atoms. The average Bonchev–Trinajstić information content (AvgIpc) is 2.72. The number of amides is 2. The Labute approximate surface area is 165 Å². The van der Waals surface area contributed by atoms with Crippen molar-refractivity contribution in [1.29, 1.82) is 0 Å². The lowest BCUT2D eigenvalue weighted by atomic mass is 10.0. The number of Topliss-reactive ketones (excluding diaryl/α,β-unsaturated/α-hetero) is 1. The molecule has 148 valence electrons. The van der Waals surface area contributed by atoms with Crippen LogP contribution in [-0.4, -0.2) is 56.1 Å². The van der Waals surface area contributed by atoms with Crippen LogP contribution in [0.4, 0.5) is 10.5 Å². The van der Waals surface area contributed by atoms with Crippen molar-refractivity contribution in [2.24, 2.45) is 0 Å². The lowest BCUT2D eigenvalue weighted by Crippen LogP contribution is -2.38. The van der Waals surface area contributed by atoms with E-state index in [1.54, 1.807) is 6.92 Å². The van der Waals surface area contributed by atoms with E-state index in [-0.39, 0.29) is 11.8 Å². The highest BCUT2D eigenvalue weighted by molar-refractivity contribution is 5.95. The Morgan fingerprint density at radius 3 is 2.50 bits per heavy atom. The van der Waals surface area contributed by atoms with Gasteiger partial charge in [-0.15, -0.1) is 0 Å². The number of anilines is 1. The summed E-state index contributed by atoms with van der Waals surface area (Å²) in [5.74, 6) is 0.0467. The molecule has 1 heterocycles. The smallest absolute Gasteiger partial charge is 0.319 e. The van der Waals surface area contributed by atoms with Gasteiger partial charge in [0.1, 0.15) is 0 Å². The Kier molecular flexibility index (Phi) is 7.17. The molecule has 0 aliphatic carbocycles. The van der Waals surface area contributed by atoms with Crippen LogP contribution >= 0.6 is 0 Å². The van der Waals surface area contributed by atoms with E-state index in [9.17, 15) is 9.59 Å². The van der Waals surface area contributed by atoms with Crippen LogP contribution in [0.5, 0.6) is 0 Å². The number of hydrogen-bond acceptors (Lipinski definition) is 4. The van der Waals surface area contributed by atoms with Gasteiger partial charge >= 0.3 is 6.03 Å². The summed E-state index contributed by atoms with van der Waals surface area (Å²) in [6.45, 7) is 6.69. The van der Waals surface area contributed by atoms with Crippen LogP contribution in [0, 0.1) is 0 Å². The Morgan fingerprint density at radius 2 is 1.79 bits per heavy atom. The van der Waals surface area contributed by atoms with E-state index < -0.39 is 0 Å². The van der Waals surface area contributed by atoms with Gasteiger partial charge in [0.05, 0.1) is 13.2 Å². The molecule has 0 unspecified atom stereocenters. The molecule has 2 aromatic carbocycles. The quantitative estimate of drug-likeness (QED) is 0.570.